The second kappa shape index (κ2) is 9.04. The second-order valence-corrected chi connectivity index (χ2v) is 6.78. The Kier molecular flexibility index (Phi) is 8.11. The lowest BCUT2D eigenvalue weighted by Crippen LogP contribution is -2.39. The molecule has 20 heavy (non-hydrogen) atoms. The number of unbranched alkanes of at least 4 members (excludes halogenated alkanes) is 2. The van der Waals surface area contributed by atoms with Gasteiger partial charge in [0.15, 0.2) is 0 Å². The van der Waals surface area contributed by atoms with Crippen molar-refractivity contribution in [2.24, 2.45) is 5.73 Å². The molecule has 0 fully saturated rings. The first-order valence-corrected chi connectivity index (χ1v) is 8.59. The SMILES string of the molecule is CCCCCN(C(C)C)C(CN)c1ccc(Br)cc1Cl. The van der Waals surface area contributed by atoms with Crippen molar-refractivity contribution in [2.45, 2.75) is 52.1 Å². The van der Waals surface area contributed by atoms with E-state index in [1.807, 2.05) is 12.1 Å². The molecule has 0 aliphatic heterocycles. The van der Waals surface area contributed by atoms with Crippen molar-refractivity contribution >= 4 is 27.5 Å². The smallest absolute Gasteiger partial charge is 0.0487 e. The van der Waals surface area contributed by atoms with Crippen molar-refractivity contribution < 1.29 is 0 Å². The van der Waals surface area contributed by atoms with Gasteiger partial charge in [0.2, 0.25) is 0 Å². The van der Waals surface area contributed by atoms with Crippen LogP contribution in [0.25, 0.3) is 0 Å². The van der Waals surface area contributed by atoms with E-state index in [0.717, 1.165) is 21.6 Å². The third-order valence-corrected chi connectivity index (χ3v) is 4.45. The number of halogens is 2. The van der Waals surface area contributed by atoms with Gasteiger partial charge in [-0.15, -0.1) is 0 Å². The largest absolute Gasteiger partial charge is 0.329 e. The van der Waals surface area contributed by atoms with Crippen molar-refractivity contribution in [1.29, 1.82) is 0 Å². The number of benzene rings is 1. The van der Waals surface area contributed by atoms with Crippen LogP contribution >= 0.6 is 27.5 Å². The number of rotatable bonds is 8. The fourth-order valence-electron chi connectivity index (χ4n) is 2.53. The minimum absolute atomic E-state index is 0.187. The molecule has 0 radical (unpaired) electrons. The first-order valence-electron chi connectivity index (χ1n) is 7.42. The van der Waals surface area contributed by atoms with Gasteiger partial charge in [0, 0.05) is 28.1 Å². The maximum Gasteiger partial charge on any atom is 0.0487 e. The second-order valence-electron chi connectivity index (χ2n) is 5.46. The van der Waals surface area contributed by atoms with Crippen LogP contribution in [0.15, 0.2) is 22.7 Å². The van der Waals surface area contributed by atoms with Crippen molar-refractivity contribution in [1.82, 2.24) is 4.90 Å². The third kappa shape index (κ3) is 5.03. The summed E-state index contributed by atoms with van der Waals surface area (Å²) in [5.74, 6) is 0. The fraction of sp³-hybridized carbons (Fsp3) is 0.625. The van der Waals surface area contributed by atoms with E-state index in [0.29, 0.717) is 12.6 Å². The summed E-state index contributed by atoms with van der Waals surface area (Å²) in [7, 11) is 0. The molecule has 0 bridgehead atoms. The van der Waals surface area contributed by atoms with Gasteiger partial charge in [-0.25, -0.2) is 0 Å². The number of nitrogens with zero attached hydrogens (tertiary/aromatic N) is 1. The minimum atomic E-state index is 0.187. The lowest BCUT2D eigenvalue weighted by molar-refractivity contribution is 0.154. The average molecular weight is 362 g/mol. The van der Waals surface area contributed by atoms with Crippen LogP contribution in [0.2, 0.25) is 5.02 Å². The van der Waals surface area contributed by atoms with Crippen LogP contribution in [-0.2, 0) is 0 Å². The highest BCUT2D eigenvalue weighted by Gasteiger charge is 2.23. The molecule has 1 rings (SSSR count). The molecule has 114 valence electrons. The van der Waals surface area contributed by atoms with E-state index in [2.05, 4.69) is 47.7 Å². The summed E-state index contributed by atoms with van der Waals surface area (Å²) in [5.41, 5.74) is 7.17. The van der Waals surface area contributed by atoms with Crippen LogP contribution in [0.1, 0.15) is 51.6 Å². The van der Waals surface area contributed by atoms with Crippen LogP contribution in [0.5, 0.6) is 0 Å². The zero-order chi connectivity index (χ0) is 15.1. The molecule has 0 aromatic heterocycles. The third-order valence-electron chi connectivity index (χ3n) is 3.63. The molecular weight excluding hydrogens is 336 g/mol. The maximum atomic E-state index is 6.40. The molecule has 0 amide bonds. The molecule has 1 aromatic carbocycles. The Morgan fingerprint density at radius 3 is 2.50 bits per heavy atom. The van der Waals surface area contributed by atoms with E-state index in [1.54, 1.807) is 0 Å². The molecule has 0 aliphatic carbocycles. The summed E-state index contributed by atoms with van der Waals surface area (Å²) < 4.78 is 1.00. The summed E-state index contributed by atoms with van der Waals surface area (Å²) in [5, 5.41) is 0.788. The Morgan fingerprint density at radius 1 is 1.30 bits per heavy atom. The molecule has 2 N–H and O–H groups in total. The standard InChI is InChI=1S/C16H26BrClN2/c1-4-5-6-9-20(12(2)3)16(11-19)14-8-7-13(17)10-15(14)18/h7-8,10,12,16H,4-6,9,11,19H2,1-3H3. The summed E-state index contributed by atoms with van der Waals surface area (Å²) >= 11 is 9.86. The molecule has 0 spiro atoms. The van der Waals surface area contributed by atoms with Gasteiger partial charge in [0.05, 0.1) is 0 Å². The Morgan fingerprint density at radius 2 is 2.00 bits per heavy atom. The predicted molar refractivity (Wildman–Crippen MR) is 92.3 cm³/mol. The first-order chi connectivity index (χ1) is 9.51. The Bertz CT molecular complexity index is 409. The van der Waals surface area contributed by atoms with Gasteiger partial charge in [0.1, 0.15) is 0 Å². The predicted octanol–water partition coefficient (Wildman–Crippen LogP) is 5.00. The molecule has 2 nitrogen and oxygen atoms in total. The number of hydrogen-bond donors (Lipinski definition) is 1. The van der Waals surface area contributed by atoms with Gasteiger partial charge in [-0.2, -0.15) is 0 Å². The van der Waals surface area contributed by atoms with E-state index in [1.165, 1.54) is 19.3 Å². The van der Waals surface area contributed by atoms with Crippen LogP contribution in [0.4, 0.5) is 0 Å². The highest BCUT2D eigenvalue weighted by molar-refractivity contribution is 9.10. The highest BCUT2D eigenvalue weighted by atomic mass is 79.9. The summed E-state index contributed by atoms with van der Waals surface area (Å²) in [6.45, 7) is 8.33. The van der Waals surface area contributed by atoms with Crippen LogP contribution in [0.3, 0.4) is 0 Å². The zero-order valence-corrected chi connectivity index (χ0v) is 15.0. The van der Waals surface area contributed by atoms with Crippen molar-refractivity contribution in [2.75, 3.05) is 13.1 Å². The van der Waals surface area contributed by atoms with Crippen LogP contribution in [0, 0.1) is 0 Å². The van der Waals surface area contributed by atoms with Gasteiger partial charge in [-0.3, -0.25) is 4.90 Å². The first kappa shape index (κ1) is 18.0. The lowest BCUT2D eigenvalue weighted by atomic mass is 10.0. The maximum absolute atomic E-state index is 6.40. The summed E-state index contributed by atoms with van der Waals surface area (Å²) in [6.07, 6.45) is 3.70. The van der Waals surface area contributed by atoms with Gasteiger partial charge in [0.25, 0.3) is 0 Å². The van der Waals surface area contributed by atoms with Gasteiger partial charge in [-0.05, 0) is 44.5 Å². The van der Waals surface area contributed by atoms with Crippen molar-refractivity contribution in [3.63, 3.8) is 0 Å². The number of nitrogens with two attached hydrogens (primary N) is 1. The average Bonchev–Trinajstić information content (AvgIpc) is 2.39. The van der Waals surface area contributed by atoms with Crippen molar-refractivity contribution in [3.8, 4) is 0 Å². The van der Waals surface area contributed by atoms with E-state index in [-0.39, 0.29) is 6.04 Å². The van der Waals surface area contributed by atoms with E-state index in [4.69, 9.17) is 17.3 Å². The quantitative estimate of drug-likeness (QED) is 0.660. The summed E-state index contributed by atoms with van der Waals surface area (Å²) in [4.78, 5) is 2.46. The van der Waals surface area contributed by atoms with E-state index in [9.17, 15) is 0 Å². The minimum Gasteiger partial charge on any atom is -0.329 e. The normalized spacial score (nSPS) is 13.2. The van der Waals surface area contributed by atoms with Gasteiger partial charge >= 0.3 is 0 Å². The molecule has 1 atom stereocenters. The van der Waals surface area contributed by atoms with Crippen LogP contribution in [-0.4, -0.2) is 24.0 Å². The molecule has 4 heteroatoms. The fourth-order valence-corrected chi connectivity index (χ4v) is 3.33. The van der Waals surface area contributed by atoms with E-state index < -0.39 is 0 Å². The zero-order valence-electron chi connectivity index (χ0n) is 12.7. The van der Waals surface area contributed by atoms with Gasteiger partial charge in [-0.1, -0.05) is 53.4 Å². The van der Waals surface area contributed by atoms with Crippen molar-refractivity contribution in [3.05, 3.63) is 33.3 Å². The monoisotopic (exact) mass is 360 g/mol. The molecule has 0 heterocycles. The molecule has 0 saturated heterocycles. The molecule has 1 aromatic rings. The van der Waals surface area contributed by atoms with Crippen LogP contribution < -0.4 is 5.73 Å². The van der Waals surface area contributed by atoms with E-state index >= 15 is 0 Å². The summed E-state index contributed by atoms with van der Waals surface area (Å²) in [6, 6.07) is 6.71. The Hall–Kier alpha value is -0.0900. The number of hydrogen-bond acceptors (Lipinski definition) is 2. The lowest BCUT2D eigenvalue weighted by Gasteiger charge is -2.35. The molecule has 0 aliphatic rings. The molecular formula is C16H26BrClN2. The Balaban J connectivity index is 2.94. The Labute approximate surface area is 136 Å². The topological polar surface area (TPSA) is 29.3 Å². The van der Waals surface area contributed by atoms with Gasteiger partial charge < -0.3 is 5.73 Å². The molecule has 0 saturated carbocycles. The highest BCUT2D eigenvalue weighted by Crippen LogP contribution is 2.31. The molecule has 1 unspecified atom stereocenters.